The first kappa shape index (κ1) is 73.5. The van der Waals surface area contributed by atoms with Gasteiger partial charge in [-0.25, -0.2) is 68.4 Å². The first-order valence-corrected chi connectivity index (χ1v) is 29.8. The molecule has 0 aromatic carbocycles. The molecule has 0 saturated heterocycles. The molecule has 350 valence electrons. The maximum atomic E-state index is 11.3. The second-order valence-electron chi connectivity index (χ2n) is 14.4. The molecule has 2 atom stereocenters. The van der Waals surface area contributed by atoms with Gasteiger partial charge in [-0.2, -0.15) is 0 Å². The van der Waals surface area contributed by atoms with Gasteiger partial charge in [-0.05, 0) is 44.9 Å². The summed E-state index contributed by atoms with van der Waals surface area (Å²) < 4.78 is 164. The van der Waals surface area contributed by atoms with Crippen LogP contribution >= 0.6 is 0 Å². The fourth-order valence-electron chi connectivity index (χ4n) is 2.76. The number of rotatable bonds is 22. The third-order valence-corrected chi connectivity index (χ3v) is 12.9. The van der Waals surface area contributed by atoms with Gasteiger partial charge in [0.15, 0.2) is 0 Å². The minimum atomic E-state index is -4.26. The van der Waals surface area contributed by atoms with Gasteiger partial charge in [-0.15, -0.1) is 0 Å². The van der Waals surface area contributed by atoms with Crippen molar-refractivity contribution < 1.29 is 126 Å². The van der Waals surface area contributed by atoms with E-state index in [2.05, 4.69) is 42.0 Å². The van der Waals surface area contributed by atoms with E-state index < -0.39 is 93.4 Å². The summed E-state index contributed by atoms with van der Waals surface area (Å²) in [5, 5.41) is 26.9. The Morgan fingerprint density at radius 3 is 1.19 bits per heavy atom. The SMILES string of the molecule is CC(C)(C)C.CC(CO)NS(=O)(=O)CCCS(C)(=O)=O.CC(O)CNS(=O)(=O)CCCS(C)(=O)=O.CS(=O)(=O)CCCC(=O)O[O-].CS(=O)(=O)CCCS(=O)(=O)[O-].[Li+].[Li+]. The molecule has 0 aliphatic heterocycles. The van der Waals surface area contributed by atoms with Crippen LogP contribution < -0.4 is 52.4 Å². The molecule has 0 aliphatic rings. The average molecular weight is 987 g/mol. The van der Waals surface area contributed by atoms with E-state index in [1.165, 1.54) is 13.8 Å². The molecular weight excluding hydrogens is 923 g/mol. The molecule has 4 N–H and O–H groups in total. The molecule has 0 spiro atoms. The van der Waals surface area contributed by atoms with Gasteiger partial charge in [-0.1, -0.05) is 27.7 Å². The Kier molecular flexibility index (Phi) is 42.9. The Bertz CT molecular complexity index is 1860. The van der Waals surface area contributed by atoms with Crippen molar-refractivity contribution >= 4 is 75.5 Å². The van der Waals surface area contributed by atoms with Crippen molar-refractivity contribution in [1.29, 1.82) is 0 Å². The van der Waals surface area contributed by atoms with Gasteiger partial charge in [0, 0.05) is 49.8 Å². The molecule has 0 heterocycles. The van der Waals surface area contributed by atoms with Crippen LogP contribution in [0.3, 0.4) is 0 Å². The molecule has 0 radical (unpaired) electrons. The summed E-state index contributed by atoms with van der Waals surface area (Å²) in [5.74, 6) is -2.67. The van der Waals surface area contributed by atoms with Crippen molar-refractivity contribution in [2.24, 2.45) is 5.41 Å². The molecular formula is C28H64Li2N2O20S7. The van der Waals surface area contributed by atoms with Crippen LogP contribution in [0.5, 0.6) is 0 Å². The second-order valence-corrected chi connectivity index (χ2v) is 28.8. The van der Waals surface area contributed by atoms with Crippen molar-refractivity contribution in [2.75, 3.05) is 78.4 Å². The first-order valence-electron chi connectivity index (χ1n) is 16.7. The Morgan fingerprint density at radius 1 is 0.610 bits per heavy atom. The van der Waals surface area contributed by atoms with E-state index in [4.69, 9.17) is 10.2 Å². The monoisotopic (exact) mass is 986 g/mol. The number of nitrogens with one attached hydrogen (secondary N) is 2. The van der Waals surface area contributed by atoms with Crippen molar-refractivity contribution in [3.05, 3.63) is 0 Å². The van der Waals surface area contributed by atoms with Gasteiger partial charge in [-0.3, -0.25) is 4.79 Å². The maximum Gasteiger partial charge on any atom is 1.00 e. The largest absolute Gasteiger partial charge is 1.00 e. The van der Waals surface area contributed by atoms with Crippen LogP contribution in [0.15, 0.2) is 0 Å². The summed E-state index contributed by atoms with van der Waals surface area (Å²) in [4.78, 5) is 13.2. The molecule has 0 saturated carbocycles. The van der Waals surface area contributed by atoms with Crippen molar-refractivity contribution in [3.63, 3.8) is 0 Å². The first-order chi connectivity index (χ1) is 24.9. The second kappa shape index (κ2) is 34.5. The minimum absolute atomic E-state index is 0. The smallest absolute Gasteiger partial charge is 0.748 e. The quantitative estimate of drug-likeness (QED) is 0.0339. The average Bonchev–Trinajstić information content (AvgIpc) is 2.92. The Morgan fingerprint density at radius 2 is 0.915 bits per heavy atom. The predicted octanol–water partition coefficient (Wildman–Crippen LogP) is -8.90. The van der Waals surface area contributed by atoms with Gasteiger partial charge in [0.05, 0.1) is 57.3 Å². The third-order valence-electron chi connectivity index (χ3n) is 5.01. The molecule has 0 aromatic heterocycles. The third kappa shape index (κ3) is 86.0. The number of hydrogen-bond donors (Lipinski definition) is 4. The van der Waals surface area contributed by atoms with Crippen molar-refractivity contribution in [1.82, 2.24) is 9.44 Å². The van der Waals surface area contributed by atoms with Crippen molar-refractivity contribution in [3.8, 4) is 0 Å². The van der Waals surface area contributed by atoms with Gasteiger partial charge in [0.2, 0.25) is 20.0 Å². The van der Waals surface area contributed by atoms with E-state index in [1.807, 2.05) is 0 Å². The van der Waals surface area contributed by atoms with E-state index in [-0.39, 0.29) is 117 Å². The van der Waals surface area contributed by atoms with Crippen LogP contribution in [0.1, 0.15) is 73.6 Å². The van der Waals surface area contributed by atoms with Crippen LogP contribution in [0.25, 0.3) is 0 Å². The van der Waals surface area contributed by atoms with Crippen LogP contribution in [-0.2, 0) is 79.2 Å². The summed E-state index contributed by atoms with van der Waals surface area (Å²) in [5.41, 5.74) is 0.500. The Balaban J connectivity index is -0.000000117. The summed E-state index contributed by atoms with van der Waals surface area (Å²) in [6.07, 6.45) is 3.42. The molecule has 0 aromatic rings. The van der Waals surface area contributed by atoms with Gasteiger partial charge in [0.25, 0.3) is 5.97 Å². The fraction of sp³-hybridized carbons (Fsp3) is 0.964. The maximum absolute atomic E-state index is 11.3. The summed E-state index contributed by atoms with van der Waals surface area (Å²) in [6.45, 7) is 11.4. The van der Waals surface area contributed by atoms with Crippen molar-refractivity contribution in [2.45, 2.75) is 85.8 Å². The van der Waals surface area contributed by atoms with E-state index in [9.17, 15) is 73.5 Å². The zero-order valence-electron chi connectivity index (χ0n) is 36.2. The number of carbonyl (C=O) groups excluding carboxylic acids is 1. The zero-order valence-corrected chi connectivity index (χ0v) is 41.9. The molecule has 59 heavy (non-hydrogen) atoms. The Labute approximate surface area is 378 Å². The molecule has 0 aliphatic carbocycles. The predicted molar refractivity (Wildman–Crippen MR) is 215 cm³/mol. The standard InChI is InChI=1S/2C7H17NO5S2.C5H10O5S.C5H12.C4H10O5S2.2Li/c1-7(6-9)8-15(12,13)5-3-4-14(2,10)11;1-7(9)6-8-15(12,13)5-3-4-14(2,10)11;1-11(8,9)4-2-3-5(6)10-7;1-5(2,3)4;1-10(5,6)3-2-4-11(7,8)9;;/h2*7-9H,3-6H2,1-2H3;7H,2-4H2,1H3;1-4H3;2-4H2,1H3,(H,7,8,9);;/q;;;;;2*+1/p-2. The summed E-state index contributed by atoms with van der Waals surface area (Å²) in [6, 6.07) is -0.548. The number of carbonyl (C=O) groups is 1. The van der Waals surface area contributed by atoms with Crippen LogP contribution in [0, 0.1) is 5.41 Å². The van der Waals surface area contributed by atoms with Crippen LogP contribution in [0.4, 0.5) is 0 Å². The van der Waals surface area contributed by atoms with E-state index in [0.29, 0.717) is 5.41 Å². The number of hydrogen-bond acceptors (Lipinski definition) is 20. The van der Waals surface area contributed by atoms with E-state index in [0.717, 1.165) is 25.0 Å². The number of aliphatic hydroxyl groups excluding tert-OH is 2. The Hall–Kier alpha value is 0.0748. The fourth-order valence-corrected chi connectivity index (χ4v) is 8.98. The molecule has 0 amide bonds. The van der Waals surface area contributed by atoms with Gasteiger partial charge < -0.3 is 24.9 Å². The molecule has 0 rings (SSSR count). The van der Waals surface area contributed by atoms with Gasteiger partial charge >= 0.3 is 37.7 Å². The van der Waals surface area contributed by atoms with Gasteiger partial charge in [0.1, 0.15) is 39.3 Å². The summed E-state index contributed by atoms with van der Waals surface area (Å²) >= 11 is 0. The normalized spacial score (nSPS) is 13.3. The van der Waals surface area contributed by atoms with E-state index >= 15 is 0 Å². The molecule has 31 heteroatoms. The van der Waals surface area contributed by atoms with Crippen LogP contribution in [0.2, 0.25) is 0 Å². The minimum Gasteiger partial charge on any atom is -0.748 e. The molecule has 2 unspecified atom stereocenters. The molecule has 0 fully saturated rings. The zero-order chi connectivity index (χ0) is 46.8. The van der Waals surface area contributed by atoms with E-state index in [1.54, 1.807) is 0 Å². The number of sulfonamides is 2. The summed E-state index contributed by atoms with van der Waals surface area (Å²) in [7, 11) is -23.7. The number of sulfone groups is 4. The van der Waals surface area contributed by atoms with Crippen LogP contribution in [-0.4, -0.2) is 170 Å². The topological polar surface area (TPSA) is 376 Å². The number of aliphatic hydroxyl groups is 2. The molecule has 22 nitrogen and oxygen atoms in total. The molecule has 0 bridgehead atoms.